The monoisotopic (exact) mass is 278 g/mol. The highest BCUT2D eigenvalue weighted by Crippen LogP contribution is 2.17. The summed E-state index contributed by atoms with van der Waals surface area (Å²) >= 11 is 0. The highest BCUT2D eigenvalue weighted by atomic mass is 16.5. The zero-order valence-corrected chi connectivity index (χ0v) is 12.7. The van der Waals surface area contributed by atoms with Crippen molar-refractivity contribution in [2.45, 2.75) is 32.5 Å². The summed E-state index contributed by atoms with van der Waals surface area (Å²) in [5.41, 5.74) is 1.29. The Morgan fingerprint density at radius 3 is 2.85 bits per heavy atom. The normalized spacial score (nSPS) is 22.7. The molecule has 1 aliphatic rings. The second-order valence-corrected chi connectivity index (χ2v) is 5.78. The molecule has 0 amide bonds. The zero-order chi connectivity index (χ0) is 14.5. The number of nitrogens with zero attached hydrogens (tertiary/aromatic N) is 2. The smallest absolute Gasteiger partial charge is 0.119 e. The number of ether oxygens (including phenoxy) is 1. The van der Waals surface area contributed by atoms with Crippen LogP contribution in [0.5, 0.6) is 5.75 Å². The largest absolute Gasteiger partial charge is 0.497 e. The average molecular weight is 278 g/mol. The number of aliphatic hydroxyl groups excluding tert-OH is 1. The first-order chi connectivity index (χ1) is 9.58. The second kappa shape index (κ2) is 7.07. The van der Waals surface area contributed by atoms with Gasteiger partial charge in [-0.15, -0.1) is 0 Å². The minimum Gasteiger partial charge on any atom is -0.497 e. The van der Waals surface area contributed by atoms with Crippen molar-refractivity contribution in [2.24, 2.45) is 0 Å². The molecule has 1 N–H and O–H groups in total. The van der Waals surface area contributed by atoms with Gasteiger partial charge in [-0.2, -0.15) is 0 Å². The summed E-state index contributed by atoms with van der Waals surface area (Å²) in [4.78, 5) is 4.84. The molecule has 0 aromatic heterocycles. The van der Waals surface area contributed by atoms with E-state index < -0.39 is 0 Å². The van der Waals surface area contributed by atoms with Gasteiger partial charge in [0.15, 0.2) is 0 Å². The van der Waals surface area contributed by atoms with Gasteiger partial charge in [0, 0.05) is 38.8 Å². The lowest BCUT2D eigenvalue weighted by atomic mass is 10.1. The van der Waals surface area contributed by atoms with Crippen molar-refractivity contribution in [2.75, 3.05) is 33.3 Å². The molecule has 0 aliphatic carbocycles. The summed E-state index contributed by atoms with van der Waals surface area (Å²) in [7, 11) is 1.70. The van der Waals surface area contributed by atoms with Gasteiger partial charge in [-0.05, 0) is 31.5 Å². The van der Waals surface area contributed by atoms with E-state index in [9.17, 15) is 5.11 Å². The van der Waals surface area contributed by atoms with Crippen LogP contribution >= 0.6 is 0 Å². The fourth-order valence-electron chi connectivity index (χ4n) is 2.85. The van der Waals surface area contributed by atoms with Crippen molar-refractivity contribution in [3.05, 3.63) is 29.8 Å². The molecular formula is C16H26N2O2. The quantitative estimate of drug-likeness (QED) is 0.887. The number of hydrogen-bond donors (Lipinski definition) is 1. The zero-order valence-electron chi connectivity index (χ0n) is 12.7. The van der Waals surface area contributed by atoms with Crippen LogP contribution in [-0.4, -0.2) is 60.3 Å². The third kappa shape index (κ3) is 4.20. The molecule has 1 aromatic carbocycles. The van der Waals surface area contributed by atoms with Gasteiger partial charge in [-0.25, -0.2) is 0 Å². The van der Waals surface area contributed by atoms with Crippen molar-refractivity contribution in [3.8, 4) is 5.75 Å². The van der Waals surface area contributed by atoms with Crippen molar-refractivity contribution < 1.29 is 9.84 Å². The highest BCUT2D eigenvalue weighted by molar-refractivity contribution is 5.28. The third-order valence-electron chi connectivity index (χ3n) is 3.89. The van der Waals surface area contributed by atoms with E-state index in [-0.39, 0.29) is 6.10 Å². The van der Waals surface area contributed by atoms with Gasteiger partial charge in [0.25, 0.3) is 0 Å². The Morgan fingerprint density at radius 2 is 2.20 bits per heavy atom. The predicted octanol–water partition coefficient (Wildman–Crippen LogP) is 1.58. The molecule has 4 heteroatoms. The summed E-state index contributed by atoms with van der Waals surface area (Å²) in [6.07, 6.45) is -0.248. The summed E-state index contributed by atoms with van der Waals surface area (Å²) in [5, 5.41) is 9.51. The molecule has 20 heavy (non-hydrogen) atoms. The van der Waals surface area contributed by atoms with E-state index in [2.05, 4.69) is 28.9 Å². The lowest BCUT2D eigenvalue weighted by molar-refractivity contribution is 0.0423. The molecule has 4 nitrogen and oxygen atoms in total. The number of rotatable bonds is 5. The Bertz CT molecular complexity index is 423. The summed E-state index contributed by atoms with van der Waals surface area (Å²) in [6.45, 7) is 8.95. The van der Waals surface area contributed by atoms with Crippen molar-refractivity contribution in [1.82, 2.24) is 9.80 Å². The van der Waals surface area contributed by atoms with Crippen LogP contribution in [0.4, 0.5) is 0 Å². The number of hydrogen-bond acceptors (Lipinski definition) is 4. The average Bonchev–Trinajstić information content (AvgIpc) is 2.42. The van der Waals surface area contributed by atoms with Crippen LogP contribution < -0.4 is 4.74 Å². The van der Waals surface area contributed by atoms with E-state index in [4.69, 9.17) is 4.74 Å². The number of benzene rings is 1. The first-order valence-electron chi connectivity index (χ1n) is 7.36. The molecule has 0 bridgehead atoms. The lowest BCUT2D eigenvalue weighted by Gasteiger charge is -2.40. The molecule has 1 aliphatic heterocycles. The Labute approximate surface area is 122 Å². The topological polar surface area (TPSA) is 35.9 Å². The summed E-state index contributed by atoms with van der Waals surface area (Å²) < 4.78 is 5.27. The molecule has 1 heterocycles. The molecule has 1 fully saturated rings. The van der Waals surface area contributed by atoms with Gasteiger partial charge in [0.05, 0.1) is 13.2 Å². The van der Waals surface area contributed by atoms with Crippen molar-refractivity contribution >= 4 is 0 Å². The van der Waals surface area contributed by atoms with E-state index in [1.54, 1.807) is 7.11 Å². The fourth-order valence-corrected chi connectivity index (χ4v) is 2.85. The fraction of sp³-hybridized carbons (Fsp3) is 0.625. The Morgan fingerprint density at radius 1 is 1.40 bits per heavy atom. The van der Waals surface area contributed by atoms with E-state index in [1.165, 1.54) is 5.56 Å². The minimum atomic E-state index is -0.248. The first kappa shape index (κ1) is 15.3. The Hall–Kier alpha value is -1.10. The van der Waals surface area contributed by atoms with E-state index in [1.807, 2.05) is 19.1 Å². The highest BCUT2D eigenvalue weighted by Gasteiger charge is 2.24. The van der Waals surface area contributed by atoms with E-state index in [0.29, 0.717) is 6.04 Å². The molecule has 1 aromatic rings. The molecule has 0 radical (unpaired) electrons. The number of methoxy groups -OCH3 is 1. The second-order valence-electron chi connectivity index (χ2n) is 5.78. The van der Waals surface area contributed by atoms with Crippen LogP contribution in [0.25, 0.3) is 0 Å². The number of β-amino-alcohol motifs (C(OH)–C–C–N with tert-alkyl or cyclic N) is 1. The Balaban J connectivity index is 1.89. The van der Waals surface area contributed by atoms with E-state index >= 15 is 0 Å². The summed E-state index contributed by atoms with van der Waals surface area (Å²) in [6, 6.07) is 8.76. The standard InChI is InChI=1S/C16H26N2O2/c1-13-10-17(7-8-18(13)11-14(2)19)12-15-5-4-6-16(9-15)20-3/h4-6,9,13-14,19H,7-8,10-12H2,1-3H3/t13-,14-/m1/s1. The lowest BCUT2D eigenvalue weighted by Crippen LogP contribution is -2.53. The van der Waals surface area contributed by atoms with Gasteiger partial charge >= 0.3 is 0 Å². The van der Waals surface area contributed by atoms with E-state index in [0.717, 1.165) is 38.5 Å². The van der Waals surface area contributed by atoms with Gasteiger partial charge in [0.2, 0.25) is 0 Å². The predicted molar refractivity (Wildman–Crippen MR) is 81.0 cm³/mol. The van der Waals surface area contributed by atoms with Gasteiger partial charge in [0.1, 0.15) is 5.75 Å². The molecular weight excluding hydrogens is 252 g/mol. The number of piperazine rings is 1. The van der Waals surface area contributed by atoms with Crippen molar-refractivity contribution in [1.29, 1.82) is 0 Å². The molecule has 0 unspecified atom stereocenters. The minimum absolute atomic E-state index is 0.248. The number of aliphatic hydroxyl groups is 1. The SMILES string of the molecule is COc1cccc(CN2CCN(C[C@@H](C)O)[C@H](C)C2)c1. The molecule has 2 rings (SSSR count). The molecule has 1 saturated heterocycles. The summed E-state index contributed by atoms with van der Waals surface area (Å²) in [5.74, 6) is 0.920. The molecule has 2 atom stereocenters. The maximum Gasteiger partial charge on any atom is 0.119 e. The maximum absolute atomic E-state index is 9.51. The van der Waals surface area contributed by atoms with Gasteiger partial charge < -0.3 is 9.84 Å². The van der Waals surface area contributed by atoms with Crippen LogP contribution in [0.1, 0.15) is 19.4 Å². The Kier molecular flexibility index (Phi) is 5.40. The molecule has 0 saturated carbocycles. The van der Waals surface area contributed by atoms with Crippen LogP contribution in [0.15, 0.2) is 24.3 Å². The third-order valence-corrected chi connectivity index (χ3v) is 3.89. The maximum atomic E-state index is 9.51. The van der Waals surface area contributed by atoms with Crippen LogP contribution in [0.3, 0.4) is 0 Å². The molecule has 0 spiro atoms. The van der Waals surface area contributed by atoms with Crippen LogP contribution in [0, 0.1) is 0 Å². The van der Waals surface area contributed by atoms with Gasteiger partial charge in [-0.1, -0.05) is 12.1 Å². The van der Waals surface area contributed by atoms with Crippen molar-refractivity contribution in [3.63, 3.8) is 0 Å². The molecule has 112 valence electrons. The van der Waals surface area contributed by atoms with Gasteiger partial charge in [-0.3, -0.25) is 9.80 Å². The van der Waals surface area contributed by atoms with Crippen LogP contribution in [0.2, 0.25) is 0 Å². The van der Waals surface area contributed by atoms with Crippen LogP contribution in [-0.2, 0) is 6.54 Å². The first-order valence-corrected chi connectivity index (χ1v) is 7.36.